The van der Waals surface area contributed by atoms with E-state index >= 15 is 0 Å². The van der Waals surface area contributed by atoms with E-state index in [0.29, 0.717) is 6.54 Å². The zero-order chi connectivity index (χ0) is 19.1. The lowest BCUT2D eigenvalue weighted by atomic mass is 10.1. The molecule has 8 nitrogen and oxygen atoms in total. The maximum absolute atomic E-state index is 11.9. The fourth-order valence-corrected chi connectivity index (χ4v) is 2.55. The number of benzene rings is 1. The second kappa shape index (κ2) is 9.00. The first kappa shape index (κ1) is 19.5. The van der Waals surface area contributed by atoms with Gasteiger partial charge < -0.3 is 20.6 Å². The number of likely N-dealkylation sites (N-methyl/N-ethyl adjacent to an activating group) is 1. The molecular formula is C18H24N4O4. The highest BCUT2D eigenvalue weighted by Gasteiger charge is 2.22. The number of imide groups is 1. The number of carbonyl (C=O) groups excluding carboxylic acids is 3. The van der Waals surface area contributed by atoms with Crippen LogP contribution < -0.4 is 10.6 Å². The summed E-state index contributed by atoms with van der Waals surface area (Å²) < 4.78 is 0. The third-order valence-electron chi connectivity index (χ3n) is 4.16. The third kappa shape index (κ3) is 5.59. The lowest BCUT2D eigenvalue weighted by molar-refractivity contribution is -0.136. The highest BCUT2D eigenvalue weighted by atomic mass is 16.3. The molecule has 1 atom stereocenters. The van der Waals surface area contributed by atoms with Crippen LogP contribution in [0.1, 0.15) is 5.56 Å². The molecule has 1 heterocycles. The zero-order valence-corrected chi connectivity index (χ0v) is 14.9. The van der Waals surface area contributed by atoms with Crippen molar-refractivity contribution in [2.75, 3.05) is 33.7 Å². The second-order valence-electron chi connectivity index (χ2n) is 6.29. The number of rotatable bonds is 8. The number of carbonyl (C=O) groups is 3. The van der Waals surface area contributed by atoms with E-state index in [1.165, 1.54) is 12.2 Å². The maximum Gasteiger partial charge on any atom is 0.314 e. The van der Waals surface area contributed by atoms with Crippen molar-refractivity contribution < 1.29 is 19.5 Å². The topological polar surface area (TPSA) is 102 Å². The maximum atomic E-state index is 11.9. The van der Waals surface area contributed by atoms with Crippen LogP contribution in [0.3, 0.4) is 0 Å². The summed E-state index contributed by atoms with van der Waals surface area (Å²) in [6.07, 6.45) is 3.15. The number of nitrogens with one attached hydrogen (secondary N) is 2. The Kier molecular flexibility index (Phi) is 6.74. The van der Waals surface area contributed by atoms with Crippen LogP contribution >= 0.6 is 0 Å². The minimum absolute atomic E-state index is 0.0798. The van der Waals surface area contributed by atoms with Crippen LogP contribution in [0.25, 0.3) is 0 Å². The molecule has 2 rings (SSSR count). The number of hydrogen-bond acceptors (Lipinski definition) is 5. The summed E-state index contributed by atoms with van der Waals surface area (Å²) >= 11 is 0. The zero-order valence-electron chi connectivity index (χ0n) is 14.9. The minimum atomic E-state index is -0.362. The molecule has 0 aromatic heterocycles. The predicted octanol–water partition coefficient (Wildman–Crippen LogP) is 0.0891. The van der Waals surface area contributed by atoms with Gasteiger partial charge in [0.15, 0.2) is 0 Å². The normalized spacial score (nSPS) is 14.8. The lowest BCUT2D eigenvalue weighted by Crippen LogP contribution is -2.47. The molecule has 8 heteroatoms. The molecule has 0 spiro atoms. The van der Waals surface area contributed by atoms with Gasteiger partial charge >= 0.3 is 6.03 Å². The summed E-state index contributed by atoms with van der Waals surface area (Å²) in [6.45, 7) is 0.765. The first-order chi connectivity index (χ1) is 12.4. The highest BCUT2D eigenvalue weighted by molar-refractivity contribution is 6.12. The van der Waals surface area contributed by atoms with Gasteiger partial charge in [-0.15, -0.1) is 0 Å². The lowest BCUT2D eigenvalue weighted by Gasteiger charge is -2.25. The Labute approximate surface area is 152 Å². The molecule has 1 aliphatic rings. The van der Waals surface area contributed by atoms with E-state index in [9.17, 15) is 19.5 Å². The van der Waals surface area contributed by atoms with E-state index < -0.39 is 0 Å². The first-order valence-electron chi connectivity index (χ1n) is 8.36. The monoisotopic (exact) mass is 360 g/mol. The smallest absolute Gasteiger partial charge is 0.314 e. The van der Waals surface area contributed by atoms with Crippen molar-refractivity contribution in [2.24, 2.45) is 0 Å². The highest BCUT2D eigenvalue weighted by Crippen LogP contribution is 2.12. The van der Waals surface area contributed by atoms with Crippen molar-refractivity contribution in [1.82, 2.24) is 20.4 Å². The Bertz CT molecular complexity index is 667. The van der Waals surface area contributed by atoms with Crippen LogP contribution in [0.5, 0.6) is 5.75 Å². The number of hydrogen-bond donors (Lipinski definition) is 3. The van der Waals surface area contributed by atoms with Crippen LogP contribution in [0.2, 0.25) is 0 Å². The molecule has 1 unspecified atom stereocenters. The van der Waals surface area contributed by atoms with Gasteiger partial charge in [0, 0.05) is 37.8 Å². The quantitative estimate of drug-likeness (QED) is 0.570. The number of amides is 4. The van der Waals surface area contributed by atoms with Gasteiger partial charge in [0.1, 0.15) is 5.75 Å². The number of nitrogens with zero attached hydrogens (tertiary/aromatic N) is 2. The van der Waals surface area contributed by atoms with Gasteiger partial charge in [0.2, 0.25) is 0 Å². The molecular weight excluding hydrogens is 336 g/mol. The molecule has 1 aromatic carbocycles. The molecule has 1 aliphatic heterocycles. The fourth-order valence-electron chi connectivity index (χ4n) is 2.55. The van der Waals surface area contributed by atoms with Gasteiger partial charge in [-0.1, -0.05) is 12.1 Å². The largest absolute Gasteiger partial charge is 0.508 e. The van der Waals surface area contributed by atoms with Crippen LogP contribution in [0.4, 0.5) is 4.79 Å². The summed E-state index contributed by atoms with van der Waals surface area (Å²) in [4.78, 5) is 37.8. The van der Waals surface area contributed by atoms with Crippen molar-refractivity contribution in [2.45, 2.75) is 12.5 Å². The van der Waals surface area contributed by atoms with E-state index in [4.69, 9.17) is 0 Å². The van der Waals surface area contributed by atoms with Crippen molar-refractivity contribution in [3.8, 4) is 5.75 Å². The Balaban J connectivity index is 1.73. The van der Waals surface area contributed by atoms with Crippen LogP contribution in [0.15, 0.2) is 36.4 Å². The van der Waals surface area contributed by atoms with Gasteiger partial charge in [-0.2, -0.15) is 0 Å². The average Bonchev–Trinajstić information content (AvgIpc) is 2.92. The molecule has 0 aliphatic carbocycles. The fraction of sp³-hybridized carbons (Fsp3) is 0.389. The second-order valence-corrected chi connectivity index (χ2v) is 6.29. The van der Waals surface area contributed by atoms with Gasteiger partial charge in [-0.25, -0.2) is 4.79 Å². The van der Waals surface area contributed by atoms with Gasteiger partial charge in [-0.05, 0) is 38.2 Å². The van der Waals surface area contributed by atoms with Crippen LogP contribution in [0, 0.1) is 0 Å². The van der Waals surface area contributed by atoms with Crippen LogP contribution in [-0.4, -0.2) is 72.5 Å². The third-order valence-corrected chi connectivity index (χ3v) is 4.16. The summed E-state index contributed by atoms with van der Waals surface area (Å²) in [7, 11) is 3.87. The number of phenolic OH excluding ortho intramolecular Hbond substituents is 1. The van der Waals surface area contributed by atoms with E-state index in [1.54, 1.807) is 12.1 Å². The predicted molar refractivity (Wildman–Crippen MR) is 96.5 cm³/mol. The Morgan fingerprint density at radius 1 is 1.12 bits per heavy atom. The number of aromatic hydroxyl groups is 1. The summed E-state index contributed by atoms with van der Waals surface area (Å²) in [5.74, 6) is -0.504. The molecule has 0 saturated carbocycles. The molecule has 0 fully saturated rings. The van der Waals surface area contributed by atoms with Crippen molar-refractivity contribution in [3.63, 3.8) is 0 Å². The minimum Gasteiger partial charge on any atom is -0.508 e. The van der Waals surface area contributed by atoms with Crippen molar-refractivity contribution in [1.29, 1.82) is 0 Å². The molecule has 26 heavy (non-hydrogen) atoms. The van der Waals surface area contributed by atoms with Crippen LogP contribution in [-0.2, 0) is 16.0 Å². The van der Waals surface area contributed by atoms with E-state index in [2.05, 4.69) is 10.6 Å². The van der Waals surface area contributed by atoms with E-state index in [-0.39, 0.29) is 42.7 Å². The van der Waals surface area contributed by atoms with E-state index in [0.717, 1.165) is 16.9 Å². The molecule has 1 aromatic rings. The summed E-state index contributed by atoms with van der Waals surface area (Å²) in [5.41, 5.74) is 1.06. The van der Waals surface area contributed by atoms with E-state index in [1.807, 2.05) is 31.1 Å². The molecule has 140 valence electrons. The molecule has 0 bridgehead atoms. The molecule has 3 N–H and O–H groups in total. The van der Waals surface area contributed by atoms with Gasteiger partial charge in [0.25, 0.3) is 11.8 Å². The summed E-state index contributed by atoms with van der Waals surface area (Å²) in [6, 6.07) is 6.70. The van der Waals surface area contributed by atoms with Gasteiger partial charge in [-0.3, -0.25) is 14.5 Å². The number of urea groups is 1. The van der Waals surface area contributed by atoms with Crippen molar-refractivity contribution in [3.05, 3.63) is 42.0 Å². The number of phenols is 1. The molecule has 4 amide bonds. The Morgan fingerprint density at radius 2 is 1.73 bits per heavy atom. The van der Waals surface area contributed by atoms with Gasteiger partial charge in [0.05, 0.1) is 0 Å². The molecule has 0 radical (unpaired) electrons. The van der Waals surface area contributed by atoms with Crippen molar-refractivity contribution >= 4 is 17.8 Å². The molecule has 0 saturated heterocycles. The Morgan fingerprint density at radius 3 is 2.31 bits per heavy atom. The first-order valence-corrected chi connectivity index (χ1v) is 8.36. The SMILES string of the molecule is CN(C)C(CNC(=O)NCCN1C(=O)C=CC1=O)Cc1ccc(O)cc1. The Hall–Kier alpha value is -2.87. The average molecular weight is 360 g/mol. The standard InChI is InChI=1S/C18H24N4O4/c1-21(2)14(11-13-3-5-15(23)6-4-13)12-20-18(26)19-9-10-22-16(24)7-8-17(22)25/h3-8,14,23H,9-12H2,1-2H3,(H2,19,20,26). The summed E-state index contributed by atoms with van der Waals surface area (Å²) in [5, 5.41) is 14.8.